The molecular formula is C18H27N3OS. The van der Waals surface area contributed by atoms with Crippen LogP contribution in [0.4, 0.5) is 5.13 Å². The number of carbonyl (C=O) groups excluding carboxylic acids is 1. The molecule has 4 nitrogen and oxygen atoms in total. The summed E-state index contributed by atoms with van der Waals surface area (Å²) in [6.45, 7) is 3.30. The van der Waals surface area contributed by atoms with E-state index in [2.05, 4.69) is 20.6 Å². The highest BCUT2D eigenvalue weighted by Gasteiger charge is 2.40. The van der Waals surface area contributed by atoms with Gasteiger partial charge in [-0.05, 0) is 62.9 Å². The van der Waals surface area contributed by atoms with Crippen LogP contribution in [0, 0.1) is 17.8 Å². The Morgan fingerprint density at radius 2 is 2.13 bits per heavy atom. The summed E-state index contributed by atoms with van der Waals surface area (Å²) in [5.74, 6) is 2.52. The Bertz CT molecular complexity index is 552. The van der Waals surface area contributed by atoms with Gasteiger partial charge in [-0.25, -0.2) is 4.98 Å². The Morgan fingerprint density at radius 3 is 2.87 bits per heavy atom. The summed E-state index contributed by atoms with van der Waals surface area (Å²) in [5.41, 5.74) is 1.10. The summed E-state index contributed by atoms with van der Waals surface area (Å²) in [6, 6.07) is 0. The molecule has 2 saturated carbocycles. The highest BCUT2D eigenvalue weighted by atomic mass is 32.1. The SMILES string of the molecule is O=C(C[C@@H]1C[C@H]2CC[C@@H]1C2)Nc1nc(CN2CCCCC2)cs1. The number of likely N-dealkylation sites (tertiary alicyclic amines) is 1. The van der Waals surface area contributed by atoms with E-state index in [1.165, 1.54) is 58.0 Å². The average molecular weight is 334 g/mol. The maximum Gasteiger partial charge on any atom is 0.226 e. The quantitative estimate of drug-likeness (QED) is 0.889. The summed E-state index contributed by atoms with van der Waals surface area (Å²) in [4.78, 5) is 19.4. The summed E-state index contributed by atoms with van der Waals surface area (Å²) >= 11 is 1.57. The second kappa shape index (κ2) is 6.89. The van der Waals surface area contributed by atoms with Gasteiger partial charge in [-0.2, -0.15) is 0 Å². The van der Waals surface area contributed by atoms with Gasteiger partial charge >= 0.3 is 0 Å². The van der Waals surface area contributed by atoms with Crippen LogP contribution in [-0.2, 0) is 11.3 Å². The molecule has 126 valence electrons. The fourth-order valence-corrected chi connectivity index (χ4v) is 5.54. The molecule has 1 aliphatic heterocycles. The molecule has 2 bridgehead atoms. The molecule has 3 fully saturated rings. The standard InChI is InChI=1S/C18H27N3OS/c22-17(10-15-9-13-4-5-14(15)8-13)20-18-19-16(12-23-18)11-21-6-2-1-3-7-21/h12-15H,1-11H2,(H,19,20,22)/t13-,14+,15-/m0/s1. The van der Waals surface area contributed by atoms with Crippen molar-refractivity contribution < 1.29 is 4.79 Å². The van der Waals surface area contributed by atoms with Crippen LogP contribution >= 0.6 is 11.3 Å². The number of nitrogens with one attached hydrogen (secondary N) is 1. The van der Waals surface area contributed by atoms with Gasteiger partial charge in [0, 0.05) is 18.3 Å². The minimum absolute atomic E-state index is 0.168. The van der Waals surface area contributed by atoms with Crippen LogP contribution in [0.3, 0.4) is 0 Å². The third-order valence-electron chi connectivity index (χ3n) is 5.96. The molecule has 0 aromatic carbocycles. The predicted molar refractivity (Wildman–Crippen MR) is 93.4 cm³/mol. The van der Waals surface area contributed by atoms with Gasteiger partial charge in [0.05, 0.1) is 5.69 Å². The second-order valence-corrected chi connectivity index (χ2v) is 8.53. The highest BCUT2D eigenvalue weighted by Crippen LogP contribution is 2.49. The van der Waals surface area contributed by atoms with Gasteiger partial charge in [0.2, 0.25) is 5.91 Å². The van der Waals surface area contributed by atoms with E-state index < -0.39 is 0 Å². The van der Waals surface area contributed by atoms with E-state index in [1.54, 1.807) is 11.3 Å². The Kier molecular flexibility index (Phi) is 4.67. The Labute approximate surface area is 142 Å². The predicted octanol–water partition coefficient (Wildman–Crippen LogP) is 3.89. The van der Waals surface area contributed by atoms with Crippen LogP contribution in [0.15, 0.2) is 5.38 Å². The van der Waals surface area contributed by atoms with Crippen LogP contribution < -0.4 is 5.32 Å². The van der Waals surface area contributed by atoms with Crippen molar-refractivity contribution >= 4 is 22.4 Å². The van der Waals surface area contributed by atoms with Crippen molar-refractivity contribution in [2.75, 3.05) is 18.4 Å². The number of hydrogen-bond donors (Lipinski definition) is 1. The molecule has 1 N–H and O–H groups in total. The molecule has 23 heavy (non-hydrogen) atoms. The van der Waals surface area contributed by atoms with Gasteiger partial charge in [0.15, 0.2) is 5.13 Å². The Balaban J connectivity index is 1.26. The number of piperidine rings is 1. The van der Waals surface area contributed by atoms with Crippen LogP contribution in [-0.4, -0.2) is 28.9 Å². The van der Waals surface area contributed by atoms with Gasteiger partial charge in [0.25, 0.3) is 0 Å². The van der Waals surface area contributed by atoms with Crippen molar-refractivity contribution in [3.63, 3.8) is 0 Å². The monoisotopic (exact) mass is 333 g/mol. The summed E-state index contributed by atoms with van der Waals surface area (Å²) in [5, 5.41) is 5.92. The largest absolute Gasteiger partial charge is 0.302 e. The van der Waals surface area contributed by atoms with E-state index in [0.29, 0.717) is 12.3 Å². The lowest BCUT2D eigenvalue weighted by molar-refractivity contribution is -0.117. The number of anilines is 1. The zero-order valence-corrected chi connectivity index (χ0v) is 14.6. The molecule has 0 spiro atoms. The number of amides is 1. The van der Waals surface area contributed by atoms with Crippen LogP contribution in [0.1, 0.15) is 57.1 Å². The number of aromatic nitrogens is 1. The molecule has 0 unspecified atom stereocenters. The Hall–Kier alpha value is -0.940. The molecule has 3 aliphatic rings. The summed E-state index contributed by atoms with van der Waals surface area (Å²) < 4.78 is 0. The number of nitrogens with zero attached hydrogens (tertiary/aromatic N) is 2. The van der Waals surface area contributed by atoms with E-state index in [1.807, 2.05) is 0 Å². The van der Waals surface area contributed by atoms with Crippen LogP contribution in [0.5, 0.6) is 0 Å². The normalized spacial score (nSPS) is 30.7. The first kappa shape index (κ1) is 15.6. The van der Waals surface area contributed by atoms with Crippen molar-refractivity contribution in [3.05, 3.63) is 11.1 Å². The molecule has 4 rings (SSSR count). The van der Waals surface area contributed by atoms with Crippen LogP contribution in [0.25, 0.3) is 0 Å². The number of carbonyl (C=O) groups is 1. The first-order valence-electron chi connectivity index (χ1n) is 9.23. The van der Waals surface area contributed by atoms with Gasteiger partial charge in [0.1, 0.15) is 0 Å². The maximum absolute atomic E-state index is 12.3. The van der Waals surface area contributed by atoms with Gasteiger partial charge in [-0.15, -0.1) is 11.3 Å². The number of thiazole rings is 1. The summed E-state index contributed by atoms with van der Waals surface area (Å²) in [6.07, 6.45) is 10.1. The fourth-order valence-electron chi connectivity index (χ4n) is 4.82. The number of rotatable bonds is 5. The smallest absolute Gasteiger partial charge is 0.226 e. The molecule has 2 aliphatic carbocycles. The topological polar surface area (TPSA) is 45.2 Å². The lowest BCUT2D eigenvalue weighted by Crippen LogP contribution is -2.29. The number of fused-ring (bicyclic) bond motifs is 2. The maximum atomic E-state index is 12.3. The molecule has 5 heteroatoms. The molecule has 1 aromatic rings. The van der Waals surface area contributed by atoms with Crippen molar-refractivity contribution in [3.8, 4) is 0 Å². The summed E-state index contributed by atoms with van der Waals surface area (Å²) in [7, 11) is 0. The van der Waals surface area contributed by atoms with E-state index in [0.717, 1.165) is 29.2 Å². The second-order valence-electron chi connectivity index (χ2n) is 7.67. The van der Waals surface area contributed by atoms with Crippen molar-refractivity contribution in [2.24, 2.45) is 17.8 Å². The molecule has 1 amide bonds. The van der Waals surface area contributed by atoms with E-state index >= 15 is 0 Å². The first-order chi connectivity index (χ1) is 11.3. The third kappa shape index (κ3) is 3.77. The zero-order valence-electron chi connectivity index (χ0n) is 13.8. The first-order valence-corrected chi connectivity index (χ1v) is 10.1. The van der Waals surface area contributed by atoms with Crippen molar-refractivity contribution in [1.29, 1.82) is 0 Å². The van der Waals surface area contributed by atoms with E-state index in [-0.39, 0.29) is 5.91 Å². The average Bonchev–Trinajstić information content (AvgIpc) is 3.26. The third-order valence-corrected chi connectivity index (χ3v) is 6.77. The molecule has 3 atom stereocenters. The highest BCUT2D eigenvalue weighted by molar-refractivity contribution is 7.13. The van der Waals surface area contributed by atoms with Gasteiger partial charge < -0.3 is 5.32 Å². The van der Waals surface area contributed by atoms with E-state index in [9.17, 15) is 4.79 Å². The lowest BCUT2D eigenvalue weighted by Gasteiger charge is -2.25. The van der Waals surface area contributed by atoms with Crippen LogP contribution in [0.2, 0.25) is 0 Å². The van der Waals surface area contributed by atoms with E-state index in [4.69, 9.17) is 0 Å². The molecule has 0 radical (unpaired) electrons. The lowest BCUT2D eigenvalue weighted by atomic mass is 9.86. The molecule has 2 heterocycles. The van der Waals surface area contributed by atoms with Gasteiger partial charge in [-0.3, -0.25) is 9.69 Å². The molecule has 1 aromatic heterocycles. The van der Waals surface area contributed by atoms with Gasteiger partial charge in [-0.1, -0.05) is 12.8 Å². The molecular weight excluding hydrogens is 306 g/mol. The van der Waals surface area contributed by atoms with Crippen molar-refractivity contribution in [1.82, 2.24) is 9.88 Å². The minimum atomic E-state index is 0.168. The minimum Gasteiger partial charge on any atom is -0.302 e. The number of hydrogen-bond acceptors (Lipinski definition) is 4. The zero-order chi connectivity index (χ0) is 15.6. The van der Waals surface area contributed by atoms with Crippen molar-refractivity contribution in [2.45, 2.75) is 57.9 Å². The fraction of sp³-hybridized carbons (Fsp3) is 0.778. The molecule has 1 saturated heterocycles. The Morgan fingerprint density at radius 1 is 1.26 bits per heavy atom.